The Hall–Kier alpha value is -2.13. The lowest BCUT2D eigenvalue weighted by molar-refractivity contribution is 0.0696. The van der Waals surface area contributed by atoms with Crippen molar-refractivity contribution in [3.8, 4) is 0 Å². The number of aromatic carboxylic acids is 1. The quantitative estimate of drug-likeness (QED) is 0.928. The van der Waals surface area contributed by atoms with Crippen LogP contribution in [0.15, 0.2) is 42.5 Å². The average Bonchev–Trinajstić information content (AvgIpc) is 2.95. The van der Waals surface area contributed by atoms with Crippen molar-refractivity contribution in [2.24, 2.45) is 0 Å². The first-order valence-electron chi connectivity index (χ1n) is 8.14. The molecule has 1 unspecified atom stereocenters. The maximum Gasteiger partial charge on any atom is 0.335 e. The van der Waals surface area contributed by atoms with E-state index in [1.807, 2.05) is 12.1 Å². The van der Waals surface area contributed by atoms with E-state index in [2.05, 4.69) is 36.9 Å². The number of hydrogen-bond donors (Lipinski definition) is 1. The fraction of sp³-hybridized carbons (Fsp3) is 0.350. The standard InChI is InChI=1S/C20H23NO2/c1-14-6-7-19(15(2)10-14)18-8-9-21(13-18)12-16-4-3-5-17(11-16)20(22)23/h3-7,10-11,18H,8-9,12-13H2,1-2H3,(H,22,23). The molecule has 0 bridgehead atoms. The summed E-state index contributed by atoms with van der Waals surface area (Å²) in [6.45, 7) is 7.26. The van der Waals surface area contributed by atoms with Crippen molar-refractivity contribution in [3.63, 3.8) is 0 Å². The summed E-state index contributed by atoms with van der Waals surface area (Å²) in [7, 11) is 0. The number of benzene rings is 2. The molecule has 3 rings (SSSR count). The van der Waals surface area contributed by atoms with E-state index >= 15 is 0 Å². The molecule has 2 aromatic carbocycles. The van der Waals surface area contributed by atoms with E-state index in [-0.39, 0.29) is 0 Å². The van der Waals surface area contributed by atoms with Crippen LogP contribution in [0, 0.1) is 13.8 Å². The highest BCUT2D eigenvalue weighted by molar-refractivity contribution is 5.87. The average molecular weight is 309 g/mol. The minimum absolute atomic E-state index is 0.368. The number of aryl methyl sites for hydroxylation is 2. The molecule has 1 fully saturated rings. The molecule has 2 aromatic rings. The number of likely N-dealkylation sites (tertiary alicyclic amines) is 1. The first kappa shape index (κ1) is 15.8. The maximum atomic E-state index is 11.1. The zero-order chi connectivity index (χ0) is 16.4. The lowest BCUT2D eigenvalue weighted by Crippen LogP contribution is -2.20. The van der Waals surface area contributed by atoms with Gasteiger partial charge in [0.1, 0.15) is 0 Å². The number of carboxylic acids is 1. The summed E-state index contributed by atoms with van der Waals surface area (Å²) >= 11 is 0. The van der Waals surface area contributed by atoms with Crippen LogP contribution in [0.1, 0.15) is 45.0 Å². The van der Waals surface area contributed by atoms with Crippen LogP contribution in [0.5, 0.6) is 0 Å². The lowest BCUT2D eigenvalue weighted by atomic mass is 9.93. The lowest BCUT2D eigenvalue weighted by Gasteiger charge is -2.18. The van der Waals surface area contributed by atoms with Gasteiger partial charge in [0.05, 0.1) is 5.56 Å². The van der Waals surface area contributed by atoms with Gasteiger partial charge >= 0.3 is 5.97 Å². The highest BCUT2D eigenvalue weighted by Crippen LogP contribution is 2.30. The first-order chi connectivity index (χ1) is 11.0. The predicted molar refractivity (Wildman–Crippen MR) is 92.0 cm³/mol. The molecule has 23 heavy (non-hydrogen) atoms. The second kappa shape index (κ2) is 6.55. The molecule has 1 atom stereocenters. The molecular weight excluding hydrogens is 286 g/mol. The third-order valence-electron chi connectivity index (χ3n) is 4.72. The van der Waals surface area contributed by atoms with Gasteiger partial charge in [-0.1, -0.05) is 35.9 Å². The van der Waals surface area contributed by atoms with Crippen molar-refractivity contribution in [2.45, 2.75) is 32.7 Å². The highest BCUT2D eigenvalue weighted by atomic mass is 16.4. The fourth-order valence-electron chi connectivity index (χ4n) is 3.57. The van der Waals surface area contributed by atoms with Gasteiger partial charge in [-0.15, -0.1) is 0 Å². The SMILES string of the molecule is Cc1ccc(C2CCN(Cc3cccc(C(=O)O)c3)C2)c(C)c1. The Morgan fingerprint density at radius 1 is 1.22 bits per heavy atom. The van der Waals surface area contributed by atoms with Crippen molar-refractivity contribution < 1.29 is 9.90 Å². The summed E-state index contributed by atoms with van der Waals surface area (Å²) in [5.41, 5.74) is 5.59. The van der Waals surface area contributed by atoms with Crippen LogP contribution in [0.4, 0.5) is 0 Å². The molecule has 0 aliphatic carbocycles. The van der Waals surface area contributed by atoms with Crippen molar-refractivity contribution in [2.75, 3.05) is 13.1 Å². The van der Waals surface area contributed by atoms with Crippen molar-refractivity contribution in [1.82, 2.24) is 4.90 Å². The second-order valence-corrected chi connectivity index (χ2v) is 6.59. The van der Waals surface area contributed by atoms with Crippen LogP contribution in [-0.2, 0) is 6.54 Å². The molecule has 0 aromatic heterocycles. The van der Waals surface area contributed by atoms with Gasteiger partial charge < -0.3 is 5.11 Å². The van der Waals surface area contributed by atoms with Gasteiger partial charge in [-0.3, -0.25) is 4.90 Å². The van der Waals surface area contributed by atoms with Crippen LogP contribution in [-0.4, -0.2) is 29.1 Å². The van der Waals surface area contributed by atoms with Crippen molar-refractivity contribution in [3.05, 3.63) is 70.3 Å². The van der Waals surface area contributed by atoms with E-state index in [1.54, 1.807) is 12.1 Å². The van der Waals surface area contributed by atoms with Gasteiger partial charge in [0.15, 0.2) is 0 Å². The largest absolute Gasteiger partial charge is 0.478 e. The molecule has 120 valence electrons. The smallest absolute Gasteiger partial charge is 0.335 e. The van der Waals surface area contributed by atoms with Gasteiger partial charge in [-0.25, -0.2) is 4.79 Å². The summed E-state index contributed by atoms with van der Waals surface area (Å²) in [6.07, 6.45) is 1.17. The normalized spacial score (nSPS) is 18.3. The van der Waals surface area contributed by atoms with Crippen LogP contribution in [0.2, 0.25) is 0 Å². The number of rotatable bonds is 4. The minimum Gasteiger partial charge on any atom is -0.478 e. The molecule has 0 amide bonds. The van der Waals surface area contributed by atoms with E-state index < -0.39 is 5.97 Å². The Bertz CT molecular complexity index is 723. The first-order valence-corrected chi connectivity index (χ1v) is 8.14. The Balaban J connectivity index is 1.68. The van der Waals surface area contributed by atoms with Gasteiger partial charge in [0, 0.05) is 13.1 Å². The Morgan fingerprint density at radius 2 is 2.04 bits per heavy atom. The molecule has 1 aliphatic heterocycles. The van der Waals surface area contributed by atoms with Crippen LogP contribution >= 0.6 is 0 Å². The van der Waals surface area contributed by atoms with Gasteiger partial charge in [-0.05, 0) is 61.6 Å². The highest BCUT2D eigenvalue weighted by Gasteiger charge is 2.25. The zero-order valence-electron chi connectivity index (χ0n) is 13.7. The molecule has 0 radical (unpaired) electrons. The minimum atomic E-state index is -0.860. The second-order valence-electron chi connectivity index (χ2n) is 6.59. The Kier molecular flexibility index (Phi) is 4.49. The van der Waals surface area contributed by atoms with Gasteiger partial charge in [0.25, 0.3) is 0 Å². The van der Waals surface area contributed by atoms with Crippen LogP contribution in [0.3, 0.4) is 0 Å². The predicted octanol–water partition coefficient (Wildman–Crippen LogP) is 3.99. The molecule has 3 nitrogen and oxygen atoms in total. The number of nitrogens with zero attached hydrogens (tertiary/aromatic N) is 1. The molecule has 1 heterocycles. The van der Waals surface area contributed by atoms with E-state index in [0.717, 1.165) is 25.2 Å². The third kappa shape index (κ3) is 3.62. The molecule has 1 N–H and O–H groups in total. The molecule has 0 saturated carbocycles. The number of carboxylic acid groups (broad SMARTS) is 1. The topological polar surface area (TPSA) is 40.5 Å². The molecule has 3 heteroatoms. The molecule has 0 spiro atoms. The summed E-state index contributed by atoms with van der Waals surface area (Å²) < 4.78 is 0. The summed E-state index contributed by atoms with van der Waals surface area (Å²) in [5.74, 6) is -0.278. The Morgan fingerprint density at radius 3 is 2.78 bits per heavy atom. The summed E-state index contributed by atoms with van der Waals surface area (Å²) in [5, 5.41) is 9.10. The monoisotopic (exact) mass is 309 g/mol. The van der Waals surface area contributed by atoms with E-state index in [1.165, 1.54) is 23.1 Å². The van der Waals surface area contributed by atoms with Gasteiger partial charge in [-0.2, -0.15) is 0 Å². The molecule has 1 aliphatic rings. The van der Waals surface area contributed by atoms with Crippen LogP contribution < -0.4 is 0 Å². The van der Waals surface area contributed by atoms with Crippen LogP contribution in [0.25, 0.3) is 0 Å². The Labute approximate surface area is 137 Å². The molecule has 1 saturated heterocycles. The van der Waals surface area contributed by atoms with Crippen molar-refractivity contribution >= 4 is 5.97 Å². The van der Waals surface area contributed by atoms with Crippen molar-refractivity contribution in [1.29, 1.82) is 0 Å². The third-order valence-corrected chi connectivity index (χ3v) is 4.72. The maximum absolute atomic E-state index is 11.1. The fourth-order valence-corrected chi connectivity index (χ4v) is 3.57. The number of carbonyl (C=O) groups is 1. The van der Waals surface area contributed by atoms with E-state index in [4.69, 9.17) is 5.11 Å². The van der Waals surface area contributed by atoms with E-state index in [9.17, 15) is 4.79 Å². The van der Waals surface area contributed by atoms with E-state index in [0.29, 0.717) is 11.5 Å². The summed E-state index contributed by atoms with van der Waals surface area (Å²) in [4.78, 5) is 13.5. The number of hydrogen-bond acceptors (Lipinski definition) is 2. The zero-order valence-corrected chi connectivity index (χ0v) is 13.7. The molecular formula is C20H23NO2. The summed E-state index contributed by atoms with van der Waals surface area (Å²) in [6, 6.07) is 14.0. The van der Waals surface area contributed by atoms with Gasteiger partial charge in [0.2, 0.25) is 0 Å².